The summed E-state index contributed by atoms with van der Waals surface area (Å²) in [6.45, 7) is 1.76. The molecule has 4 nitrogen and oxygen atoms in total. The molecule has 1 aromatic rings. The van der Waals surface area contributed by atoms with E-state index in [0.717, 1.165) is 23.5 Å². The fourth-order valence-electron chi connectivity index (χ4n) is 1.72. The number of rotatable bonds is 3. The van der Waals surface area contributed by atoms with Crippen LogP contribution in [0.3, 0.4) is 0 Å². The molecule has 0 bridgehead atoms. The van der Waals surface area contributed by atoms with Gasteiger partial charge >= 0.3 is 0 Å². The van der Waals surface area contributed by atoms with Gasteiger partial charge in [0, 0.05) is 11.6 Å². The van der Waals surface area contributed by atoms with Crippen LogP contribution in [0.15, 0.2) is 18.2 Å². The molecule has 0 unspecified atom stereocenters. The van der Waals surface area contributed by atoms with E-state index in [0.29, 0.717) is 19.8 Å². The zero-order chi connectivity index (χ0) is 10.7. The van der Waals surface area contributed by atoms with Crippen molar-refractivity contribution in [2.24, 2.45) is 11.5 Å². The predicted octanol–water partition coefficient (Wildman–Crippen LogP) is 0.806. The van der Waals surface area contributed by atoms with E-state index < -0.39 is 0 Å². The minimum Gasteiger partial charge on any atom is -0.486 e. The number of ether oxygens (including phenoxy) is 2. The smallest absolute Gasteiger partial charge is 0.166 e. The summed E-state index contributed by atoms with van der Waals surface area (Å²) in [6.07, 6.45) is 0.750. The molecule has 0 saturated carbocycles. The van der Waals surface area contributed by atoms with Gasteiger partial charge in [-0.3, -0.25) is 0 Å². The molecule has 1 aliphatic heterocycles. The average Bonchev–Trinajstić information content (AvgIpc) is 2.28. The van der Waals surface area contributed by atoms with Gasteiger partial charge < -0.3 is 20.9 Å². The second-order valence-electron chi connectivity index (χ2n) is 3.56. The van der Waals surface area contributed by atoms with Crippen molar-refractivity contribution in [1.29, 1.82) is 0 Å². The van der Waals surface area contributed by atoms with Gasteiger partial charge in [0.1, 0.15) is 13.2 Å². The van der Waals surface area contributed by atoms with Crippen LogP contribution in [0, 0.1) is 0 Å². The summed E-state index contributed by atoms with van der Waals surface area (Å²) in [4.78, 5) is 0. The Morgan fingerprint density at radius 3 is 2.87 bits per heavy atom. The van der Waals surface area contributed by atoms with Crippen LogP contribution in [-0.4, -0.2) is 19.8 Å². The maximum absolute atomic E-state index is 6.01. The molecule has 0 aromatic heterocycles. The molecule has 0 spiro atoms. The standard InChI is InChI=1S/C11H16N2O2/c12-5-4-9(13)8-2-1-3-10-11(8)15-7-6-14-10/h1-3,9H,4-7,12-13H2/t9-/m0/s1. The highest BCUT2D eigenvalue weighted by Crippen LogP contribution is 2.36. The van der Waals surface area contributed by atoms with Gasteiger partial charge in [-0.25, -0.2) is 0 Å². The Hall–Kier alpha value is -1.26. The van der Waals surface area contributed by atoms with Gasteiger partial charge in [0.05, 0.1) is 0 Å². The highest BCUT2D eigenvalue weighted by atomic mass is 16.6. The van der Waals surface area contributed by atoms with E-state index in [1.165, 1.54) is 0 Å². The quantitative estimate of drug-likeness (QED) is 0.771. The number of para-hydroxylation sites is 1. The molecule has 0 amide bonds. The molecule has 82 valence electrons. The molecule has 4 N–H and O–H groups in total. The van der Waals surface area contributed by atoms with Crippen LogP contribution in [0.1, 0.15) is 18.0 Å². The number of nitrogens with two attached hydrogens (primary N) is 2. The van der Waals surface area contributed by atoms with Gasteiger partial charge in [-0.15, -0.1) is 0 Å². The fourth-order valence-corrected chi connectivity index (χ4v) is 1.72. The van der Waals surface area contributed by atoms with E-state index in [-0.39, 0.29) is 6.04 Å². The van der Waals surface area contributed by atoms with Crippen LogP contribution < -0.4 is 20.9 Å². The lowest BCUT2D eigenvalue weighted by Crippen LogP contribution is -2.20. The lowest BCUT2D eigenvalue weighted by atomic mass is 10.0. The number of hydrogen-bond donors (Lipinski definition) is 2. The second-order valence-corrected chi connectivity index (χ2v) is 3.56. The molecule has 1 atom stereocenters. The van der Waals surface area contributed by atoms with Crippen LogP contribution in [0.4, 0.5) is 0 Å². The van der Waals surface area contributed by atoms with Gasteiger partial charge in [0.2, 0.25) is 0 Å². The number of fused-ring (bicyclic) bond motifs is 1. The molecule has 1 aliphatic rings. The Kier molecular flexibility index (Phi) is 3.08. The molecule has 0 aliphatic carbocycles. The third-order valence-corrected chi connectivity index (χ3v) is 2.47. The van der Waals surface area contributed by atoms with Crippen LogP contribution in [-0.2, 0) is 0 Å². The third kappa shape index (κ3) is 2.06. The number of hydrogen-bond acceptors (Lipinski definition) is 4. The summed E-state index contributed by atoms with van der Waals surface area (Å²) < 4.78 is 11.1. The lowest BCUT2D eigenvalue weighted by molar-refractivity contribution is 0.169. The van der Waals surface area contributed by atoms with Gasteiger partial charge in [0.25, 0.3) is 0 Å². The fraction of sp³-hybridized carbons (Fsp3) is 0.455. The predicted molar refractivity (Wildman–Crippen MR) is 58.0 cm³/mol. The summed E-state index contributed by atoms with van der Waals surface area (Å²) in [5.41, 5.74) is 12.5. The topological polar surface area (TPSA) is 70.5 Å². The molecular weight excluding hydrogens is 192 g/mol. The molecule has 0 fully saturated rings. The summed E-state index contributed by atoms with van der Waals surface area (Å²) in [7, 11) is 0. The van der Waals surface area contributed by atoms with Crippen LogP contribution >= 0.6 is 0 Å². The van der Waals surface area contributed by atoms with E-state index in [1.54, 1.807) is 0 Å². The number of benzene rings is 1. The minimum absolute atomic E-state index is 0.0772. The van der Waals surface area contributed by atoms with Crippen LogP contribution in [0.25, 0.3) is 0 Å². The van der Waals surface area contributed by atoms with Gasteiger partial charge in [0.15, 0.2) is 11.5 Å². The minimum atomic E-state index is -0.0772. The first-order chi connectivity index (χ1) is 7.33. The van der Waals surface area contributed by atoms with E-state index in [9.17, 15) is 0 Å². The first-order valence-electron chi connectivity index (χ1n) is 5.17. The Morgan fingerprint density at radius 1 is 1.27 bits per heavy atom. The van der Waals surface area contributed by atoms with Crippen molar-refractivity contribution in [3.63, 3.8) is 0 Å². The van der Waals surface area contributed by atoms with Gasteiger partial charge in [-0.2, -0.15) is 0 Å². The van der Waals surface area contributed by atoms with E-state index >= 15 is 0 Å². The monoisotopic (exact) mass is 208 g/mol. The van der Waals surface area contributed by atoms with Crippen molar-refractivity contribution < 1.29 is 9.47 Å². The molecule has 2 rings (SSSR count). The molecule has 1 heterocycles. The molecule has 0 saturated heterocycles. The summed E-state index contributed by atoms with van der Waals surface area (Å²) in [6, 6.07) is 5.71. The summed E-state index contributed by atoms with van der Waals surface area (Å²) >= 11 is 0. The van der Waals surface area contributed by atoms with Crippen molar-refractivity contribution in [3.05, 3.63) is 23.8 Å². The van der Waals surface area contributed by atoms with Gasteiger partial charge in [-0.1, -0.05) is 12.1 Å². The Labute approximate surface area is 89.2 Å². The van der Waals surface area contributed by atoms with E-state index in [2.05, 4.69) is 0 Å². The summed E-state index contributed by atoms with van der Waals surface area (Å²) in [5.74, 6) is 1.57. The van der Waals surface area contributed by atoms with Crippen molar-refractivity contribution in [3.8, 4) is 11.5 Å². The van der Waals surface area contributed by atoms with Crippen molar-refractivity contribution >= 4 is 0 Å². The highest BCUT2D eigenvalue weighted by Gasteiger charge is 2.18. The van der Waals surface area contributed by atoms with Crippen molar-refractivity contribution in [1.82, 2.24) is 0 Å². The molecule has 0 radical (unpaired) electrons. The zero-order valence-corrected chi connectivity index (χ0v) is 8.61. The summed E-state index contributed by atoms with van der Waals surface area (Å²) in [5, 5.41) is 0. The second kappa shape index (κ2) is 4.51. The Morgan fingerprint density at radius 2 is 2.07 bits per heavy atom. The highest BCUT2D eigenvalue weighted by molar-refractivity contribution is 5.48. The third-order valence-electron chi connectivity index (χ3n) is 2.47. The first kappa shape index (κ1) is 10.3. The van der Waals surface area contributed by atoms with Crippen molar-refractivity contribution in [2.75, 3.05) is 19.8 Å². The van der Waals surface area contributed by atoms with Crippen molar-refractivity contribution in [2.45, 2.75) is 12.5 Å². The van der Waals surface area contributed by atoms with E-state index in [1.807, 2.05) is 18.2 Å². The first-order valence-corrected chi connectivity index (χ1v) is 5.17. The maximum atomic E-state index is 6.01. The average molecular weight is 208 g/mol. The van der Waals surface area contributed by atoms with Gasteiger partial charge in [-0.05, 0) is 19.0 Å². The molecule has 15 heavy (non-hydrogen) atoms. The Bertz CT molecular complexity index is 341. The maximum Gasteiger partial charge on any atom is 0.166 e. The zero-order valence-electron chi connectivity index (χ0n) is 8.61. The lowest BCUT2D eigenvalue weighted by Gasteiger charge is -2.23. The largest absolute Gasteiger partial charge is 0.486 e. The normalized spacial score (nSPS) is 16.1. The van der Waals surface area contributed by atoms with E-state index in [4.69, 9.17) is 20.9 Å². The SMILES string of the molecule is NCC[C@H](N)c1cccc2c1OCCO2. The molecule has 4 heteroatoms. The Balaban J connectivity index is 2.30. The van der Waals surface area contributed by atoms with Crippen LogP contribution in [0.5, 0.6) is 11.5 Å². The van der Waals surface area contributed by atoms with Crippen LogP contribution in [0.2, 0.25) is 0 Å². The molecular formula is C11H16N2O2. The molecule has 1 aromatic carbocycles.